The zero-order chi connectivity index (χ0) is 19.9. The monoisotopic (exact) mass is 378 g/mol. The first-order valence-electron chi connectivity index (χ1n) is 7.25. The van der Waals surface area contributed by atoms with Crippen LogP contribution >= 0.6 is 0 Å². The number of nitrogens with zero attached hydrogens (tertiary/aromatic N) is 1. The van der Waals surface area contributed by atoms with Crippen LogP contribution in [-0.4, -0.2) is 34.9 Å². The van der Waals surface area contributed by atoms with Gasteiger partial charge in [-0.3, -0.25) is 14.6 Å². The van der Waals surface area contributed by atoms with E-state index in [9.17, 15) is 35.9 Å². The van der Waals surface area contributed by atoms with Gasteiger partial charge in [-0.1, -0.05) is 6.07 Å². The first-order valence-corrected chi connectivity index (χ1v) is 7.25. The number of alkyl halides is 6. The van der Waals surface area contributed by atoms with Crippen LogP contribution in [0.3, 0.4) is 0 Å². The predicted octanol–water partition coefficient (Wildman–Crippen LogP) is 4.55. The molecule has 0 bridgehead atoms. The molecule has 0 radical (unpaired) electrons. The molecule has 4 nitrogen and oxygen atoms in total. The van der Waals surface area contributed by atoms with Crippen LogP contribution in [0.15, 0.2) is 24.4 Å². The van der Waals surface area contributed by atoms with E-state index in [0.717, 1.165) is 12.3 Å². The van der Waals surface area contributed by atoms with Gasteiger partial charge < -0.3 is 5.32 Å². The first-order chi connectivity index (χ1) is 11.8. The van der Waals surface area contributed by atoms with E-state index in [0.29, 0.717) is 6.07 Å². The third-order valence-electron chi connectivity index (χ3n) is 3.33. The second-order valence-electron chi connectivity index (χ2n) is 5.70. The smallest absolute Gasteiger partial charge is 0.381 e. The van der Waals surface area contributed by atoms with Crippen LogP contribution in [0.1, 0.15) is 34.6 Å². The Balaban J connectivity index is 2.91. The van der Waals surface area contributed by atoms with Crippen molar-refractivity contribution in [3.8, 4) is 0 Å². The Morgan fingerprint density at radius 3 is 2.04 bits per heavy atom. The lowest BCUT2D eigenvalue weighted by Crippen LogP contribution is -2.27. The summed E-state index contributed by atoms with van der Waals surface area (Å²) in [5.41, 5.74) is -2.87. The second-order valence-corrected chi connectivity index (χ2v) is 5.70. The summed E-state index contributed by atoms with van der Waals surface area (Å²) in [5.74, 6) is -4.73. The minimum absolute atomic E-state index is 0.309. The molecule has 26 heavy (non-hydrogen) atoms. The van der Waals surface area contributed by atoms with Crippen LogP contribution < -0.4 is 5.32 Å². The number of carbonyl (C=O) groups is 2. The molecule has 1 aromatic carbocycles. The zero-order valence-electron chi connectivity index (χ0n) is 13.4. The van der Waals surface area contributed by atoms with E-state index in [1.807, 2.05) is 0 Å². The largest absolute Gasteiger partial charge is 0.454 e. The number of carbonyl (C=O) groups excluding carboxylic acids is 2. The number of benzene rings is 1. The highest BCUT2D eigenvalue weighted by molar-refractivity contribution is 6.18. The standard InChI is InChI=1S/C16H12F6N2O2/c1-7(2)24-12-10(14(26)16(20,21)22)6-9(13(25)15(17,18)19)8-4-3-5-23-11(8)12/h3-7,24H,1-2H3. The topological polar surface area (TPSA) is 59.1 Å². The lowest BCUT2D eigenvalue weighted by atomic mass is 9.96. The van der Waals surface area contributed by atoms with Gasteiger partial charge in [0.1, 0.15) is 0 Å². The molecule has 2 aromatic rings. The van der Waals surface area contributed by atoms with Gasteiger partial charge in [0.25, 0.3) is 11.6 Å². The quantitative estimate of drug-likeness (QED) is 0.627. The van der Waals surface area contributed by atoms with Gasteiger partial charge >= 0.3 is 12.4 Å². The van der Waals surface area contributed by atoms with Crippen LogP contribution in [0, 0.1) is 0 Å². The molecule has 0 saturated carbocycles. The Morgan fingerprint density at radius 2 is 1.54 bits per heavy atom. The highest BCUT2D eigenvalue weighted by Crippen LogP contribution is 2.36. The van der Waals surface area contributed by atoms with Gasteiger partial charge in [-0.2, -0.15) is 26.3 Å². The number of hydrogen-bond donors (Lipinski definition) is 1. The minimum Gasteiger partial charge on any atom is -0.381 e. The molecule has 1 heterocycles. The van der Waals surface area contributed by atoms with Crippen molar-refractivity contribution in [1.82, 2.24) is 4.98 Å². The van der Waals surface area contributed by atoms with Gasteiger partial charge in [0.15, 0.2) is 0 Å². The summed E-state index contributed by atoms with van der Waals surface area (Å²) in [7, 11) is 0. The third-order valence-corrected chi connectivity index (χ3v) is 3.33. The van der Waals surface area contributed by atoms with E-state index in [-0.39, 0.29) is 16.6 Å². The van der Waals surface area contributed by atoms with E-state index in [1.165, 1.54) is 6.07 Å². The average Bonchev–Trinajstić information content (AvgIpc) is 2.51. The summed E-state index contributed by atoms with van der Waals surface area (Å²) < 4.78 is 77.3. The number of nitrogens with one attached hydrogen (secondary N) is 1. The van der Waals surface area contributed by atoms with Crippen molar-refractivity contribution >= 4 is 28.2 Å². The first kappa shape index (κ1) is 19.7. The van der Waals surface area contributed by atoms with Crippen molar-refractivity contribution in [2.24, 2.45) is 0 Å². The Bertz CT molecular complexity index is 871. The van der Waals surface area contributed by atoms with Gasteiger partial charge in [-0.15, -0.1) is 0 Å². The molecule has 0 amide bonds. The van der Waals surface area contributed by atoms with Crippen LogP contribution in [0.5, 0.6) is 0 Å². The summed E-state index contributed by atoms with van der Waals surface area (Å²) >= 11 is 0. The number of anilines is 1. The second kappa shape index (κ2) is 6.58. The van der Waals surface area contributed by atoms with Crippen molar-refractivity contribution in [2.45, 2.75) is 32.2 Å². The molecule has 10 heteroatoms. The summed E-state index contributed by atoms with van der Waals surface area (Å²) in [6.07, 6.45) is -9.53. The third kappa shape index (κ3) is 3.78. The van der Waals surface area contributed by atoms with E-state index in [4.69, 9.17) is 0 Å². The summed E-state index contributed by atoms with van der Waals surface area (Å²) in [5, 5.41) is 2.29. The fraction of sp³-hybridized carbons (Fsp3) is 0.312. The van der Waals surface area contributed by atoms with Crippen LogP contribution in [0.2, 0.25) is 0 Å². The molecular formula is C16H12F6N2O2. The molecule has 0 unspecified atom stereocenters. The lowest BCUT2D eigenvalue weighted by molar-refractivity contribution is -0.0886. The van der Waals surface area contributed by atoms with Crippen molar-refractivity contribution in [1.29, 1.82) is 0 Å². The fourth-order valence-corrected chi connectivity index (χ4v) is 2.35. The molecule has 2 rings (SSSR count). The molecule has 1 N–H and O–H groups in total. The highest BCUT2D eigenvalue weighted by atomic mass is 19.4. The fourth-order valence-electron chi connectivity index (χ4n) is 2.35. The molecule has 0 saturated heterocycles. The molecule has 1 aromatic heterocycles. The van der Waals surface area contributed by atoms with Crippen LogP contribution in [0.25, 0.3) is 10.9 Å². The Kier molecular flexibility index (Phi) is 4.98. The van der Waals surface area contributed by atoms with E-state index in [1.54, 1.807) is 13.8 Å². The molecule has 0 aliphatic heterocycles. The van der Waals surface area contributed by atoms with Crippen molar-refractivity contribution < 1.29 is 35.9 Å². The van der Waals surface area contributed by atoms with Crippen LogP contribution in [-0.2, 0) is 0 Å². The van der Waals surface area contributed by atoms with E-state index >= 15 is 0 Å². The number of pyridine rings is 1. The Labute approximate surface area is 143 Å². The Morgan fingerprint density at radius 1 is 1.00 bits per heavy atom. The highest BCUT2D eigenvalue weighted by Gasteiger charge is 2.44. The number of aromatic nitrogens is 1. The Hall–Kier alpha value is -2.65. The molecule has 0 spiro atoms. The number of hydrogen-bond acceptors (Lipinski definition) is 4. The average molecular weight is 378 g/mol. The number of fused-ring (bicyclic) bond motifs is 1. The molecular weight excluding hydrogens is 366 g/mol. The summed E-state index contributed by atoms with van der Waals surface area (Å²) in [6, 6.07) is 2.22. The number of halogens is 6. The van der Waals surface area contributed by atoms with Crippen molar-refractivity contribution in [3.63, 3.8) is 0 Å². The SMILES string of the molecule is CC(C)Nc1c(C(=O)C(F)(F)F)cc(C(=O)C(F)(F)F)c2cccnc12. The van der Waals surface area contributed by atoms with Gasteiger partial charge in [0.2, 0.25) is 0 Å². The van der Waals surface area contributed by atoms with E-state index < -0.39 is 41.1 Å². The molecule has 140 valence electrons. The maximum atomic E-state index is 12.9. The number of ketones is 2. The molecule has 0 fully saturated rings. The normalized spacial score (nSPS) is 12.5. The molecule has 0 aliphatic carbocycles. The maximum absolute atomic E-state index is 12.9. The van der Waals surface area contributed by atoms with Gasteiger partial charge in [0, 0.05) is 23.2 Å². The molecule has 0 aliphatic rings. The van der Waals surface area contributed by atoms with Gasteiger partial charge in [-0.05, 0) is 26.0 Å². The van der Waals surface area contributed by atoms with Crippen LogP contribution in [0.4, 0.5) is 32.0 Å². The summed E-state index contributed by atoms with van der Waals surface area (Å²) in [4.78, 5) is 27.2. The lowest BCUT2D eigenvalue weighted by Gasteiger charge is -2.19. The minimum atomic E-state index is -5.34. The molecule has 0 atom stereocenters. The number of rotatable bonds is 4. The zero-order valence-corrected chi connectivity index (χ0v) is 13.4. The van der Waals surface area contributed by atoms with Crippen molar-refractivity contribution in [2.75, 3.05) is 5.32 Å². The predicted molar refractivity (Wildman–Crippen MR) is 81.3 cm³/mol. The van der Waals surface area contributed by atoms with Gasteiger partial charge in [0.05, 0.1) is 16.8 Å². The van der Waals surface area contributed by atoms with E-state index in [2.05, 4.69) is 10.3 Å². The summed E-state index contributed by atoms with van der Waals surface area (Å²) in [6.45, 7) is 3.12. The maximum Gasteiger partial charge on any atom is 0.454 e. The van der Waals surface area contributed by atoms with Crippen molar-refractivity contribution in [3.05, 3.63) is 35.5 Å². The number of Topliss-reactive ketones (excluding diaryl/α,β-unsaturated/α-hetero) is 2. The van der Waals surface area contributed by atoms with Gasteiger partial charge in [-0.25, -0.2) is 0 Å².